The highest BCUT2D eigenvalue weighted by Gasteiger charge is 2.27. The van der Waals surface area contributed by atoms with Gasteiger partial charge in [0, 0.05) is 25.5 Å². The lowest BCUT2D eigenvalue weighted by Crippen LogP contribution is -2.40. The summed E-state index contributed by atoms with van der Waals surface area (Å²) in [6, 6.07) is 13.1. The van der Waals surface area contributed by atoms with Crippen LogP contribution in [0.1, 0.15) is 10.4 Å². The second-order valence-corrected chi connectivity index (χ2v) is 8.93. The zero-order valence-corrected chi connectivity index (χ0v) is 17.4. The Hall–Kier alpha value is -2.72. The van der Waals surface area contributed by atoms with Crippen LogP contribution < -0.4 is 5.32 Å². The Kier molecular flexibility index (Phi) is 5.87. The predicted molar refractivity (Wildman–Crippen MR) is 113 cm³/mol. The summed E-state index contributed by atoms with van der Waals surface area (Å²) in [5.41, 5.74) is 1.26. The standard InChI is InChI=1S/C20H19ClN4O4S/c21-17-7-6-15(30(27,28)24-10-12-29-13-11-24)14-16(17)20(26)23-18-4-1-2-5-19(18)25-9-3-8-22-25/h1-9,14H,10-13H2,(H,23,26). The number of morpholine rings is 1. The van der Waals surface area contributed by atoms with E-state index in [1.165, 1.54) is 22.5 Å². The molecule has 0 unspecified atom stereocenters. The maximum atomic E-state index is 13.0. The highest BCUT2D eigenvalue weighted by Crippen LogP contribution is 2.26. The molecule has 1 amide bonds. The Morgan fingerprint density at radius 3 is 2.60 bits per heavy atom. The van der Waals surface area contributed by atoms with Crippen molar-refractivity contribution < 1.29 is 17.9 Å². The van der Waals surface area contributed by atoms with Crippen LogP contribution in [0.2, 0.25) is 5.02 Å². The Labute approximate surface area is 179 Å². The van der Waals surface area contributed by atoms with E-state index < -0.39 is 15.9 Å². The molecule has 8 nitrogen and oxygen atoms in total. The minimum atomic E-state index is -3.75. The van der Waals surface area contributed by atoms with Crippen LogP contribution in [0.25, 0.3) is 5.69 Å². The molecule has 0 bridgehead atoms. The minimum Gasteiger partial charge on any atom is -0.379 e. The molecule has 0 aliphatic carbocycles. The lowest BCUT2D eigenvalue weighted by atomic mass is 10.2. The van der Waals surface area contributed by atoms with Gasteiger partial charge in [-0.25, -0.2) is 13.1 Å². The SMILES string of the molecule is O=C(Nc1ccccc1-n1cccn1)c1cc(S(=O)(=O)N2CCOCC2)ccc1Cl. The van der Waals surface area contributed by atoms with Crippen LogP contribution in [-0.4, -0.2) is 54.7 Å². The van der Waals surface area contributed by atoms with Crippen molar-refractivity contribution in [1.29, 1.82) is 0 Å². The van der Waals surface area contributed by atoms with Crippen molar-refractivity contribution in [2.75, 3.05) is 31.6 Å². The molecule has 0 radical (unpaired) electrons. The molecule has 156 valence electrons. The summed E-state index contributed by atoms with van der Waals surface area (Å²) in [7, 11) is -3.75. The number of para-hydroxylation sites is 2. The second-order valence-electron chi connectivity index (χ2n) is 6.58. The van der Waals surface area contributed by atoms with Crippen molar-refractivity contribution in [2.24, 2.45) is 0 Å². The van der Waals surface area contributed by atoms with Crippen LogP contribution >= 0.6 is 11.6 Å². The number of carbonyl (C=O) groups excluding carboxylic acids is 1. The smallest absolute Gasteiger partial charge is 0.257 e. The summed E-state index contributed by atoms with van der Waals surface area (Å²) < 4.78 is 34.0. The van der Waals surface area contributed by atoms with E-state index in [2.05, 4.69) is 10.4 Å². The number of carbonyl (C=O) groups is 1. The maximum absolute atomic E-state index is 13.0. The average Bonchev–Trinajstić information content (AvgIpc) is 3.29. The number of amides is 1. The molecule has 1 saturated heterocycles. The number of rotatable bonds is 5. The molecule has 0 spiro atoms. The molecule has 0 saturated carbocycles. The maximum Gasteiger partial charge on any atom is 0.257 e. The predicted octanol–water partition coefficient (Wildman–Crippen LogP) is 2.80. The van der Waals surface area contributed by atoms with Gasteiger partial charge in [-0.05, 0) is 36.4 Å². The van der Waals surface area contributed by atoms with Gasteiger partial charge >= 0.3 is 0 Å². The fraction of sp³-hybridized carbons (Fsp3) is 0.200. The third kappa shape index (κ3) is 4.10. The summed E-state index contributed by atoms with van der Waals surface area (Å²) in [5, 5.41) is 7.15. The molecular formula is C20H19ClN4O4S. The van der Waals surface area contributed by atoms with Crippen molar-refractivity contribution in [3.8, 4) is 5.69 Å². The summed E-state index contributed by atoms with van der Waals surface area (Å²) in [4.78, 5) is 13.0. The number of aromatic nitrogens is 2. The fourth-order valence-corrected chi connectivity index (χ4v) is 4.79. The quantitative estimate of drug-likeness (QED) is 0.650. The normalized spacial score (nSPS) is 15.1. The summed E-state index contributed by atoms with van der Waals surface area (Å²) in [6.45, 7) is 1.21. The van der Waals surface area contributed by atoms with Crippen molar-refractivity contribution in [1.82, 2.24) is 14.1 Å². The van der Waals surface area contributed by atoms with E-state index in [4.69, 9.17) is 16.3 Å². The van der Waals surface area contributed by atoms with Crippen molar-refractivity contribution >= 4 is 33.2 Å². The summed E-state index contributed by atoms with van der Waals surface area (Å²) >= 11 is 6.23. The molecule has 10 heteroatoms. The number of benzene rings is 2. The van der Waals surface area contributed by atoms with E-state index in [0.717, 1.165) is 0 Å². The number of halogens is 1. The number of ether oxygens (including phenoxy) is 1. The molecule has 1 aromatic heterocycles. The number of nitrogens with zero attached hydrogens (tertiary/aromatic N) is 3. The van der Waals surface area contributed by atoms with E-state index in [1.54, 1.807) is 35.3 Å². The first-order valence-corrected chi connectivity index (χ1v) is 11.1. The molecule has 2 aromatic carbocycles. The number of anilines is 1. The van der Waals surface area contributed by atoms with Crippen LogP contribution in [0.15, 0.2) is 65.8 Å². The van der Waals surface area contributed by atoms with Gasteiger partial charge in [0.05, 0.1) is 40.1 Å². The van der Waals surface area contributed by atoms with Gasteiger partial charge in [0.1, 0.15) is 0 Å². The Bertz CT molecular complexity index is 1160. The van der Waals surface area contributed by atoms with E-state index in [1.807, 2.05) is 12.1 Å². The van der Waals surface area contributed by atoms with Gasteiger partial charge in [-0.2, -0.15) is 9.40 Å². The molecular weight excluding hydrogens is 428 g/mol. The lowest BCUT2D eigenvalue weighted by molar-refractivity contribution is 0.0730. The second kappa shape index (κ2) is 8.57. The molecule has 1 N–H and O–H groups in total. The van der Waals surface area contributed by atoms with E-state index in [0.29, 0.717) is 24.6 Å². The molecule has 1 fully saturated rings. The average molecular weight is 447 g/mol. The monoisotopic (exact) mass is 446 g/mol. The highest BCUT2D eigenvalue weighted by atomic mass is 35.5. The van der Waals surface area contributed by atoms with Crippen LogP contribution in [0.4, 0.5) is 5.69 Å². The largest absolute Gasteiger partial charge is 0.379 e. The first-order chi connectivity index (χ1) is 14.5. The van der Waals surface area contributed by atoms with Crippen molar-refractivity contribution in [3.05, 3.63) is 71.5 Å². The van der Waals surface area contributed by atoms with Gasteiger partial charge in [0.2, 0.25) is 10.0 Å². The van der Waals surface area contributed by atoms with Crippen LogP contribution in [0.5, 0.6) is 0 Å². The van der Waals surface area contributed by atoms with Crippen LogP contribution in [-0.2, 0) is 14.8 Å². The first kappa shape index (κ1) is 20.5. The molecule has 1 aliphatic heterocycles. The Balaban J connectivity index is 1.64. The molecule has 0 atom stereocenters. The zero-order chi connectivity index (χ0) is 21.1. The molecule has 4 rings (SSSR count). The van der Waals surface area contributed by atoms with Gasteiger partial charge < -0.3 is 10.1 Å². The van der Waals surface area contributed by atoms with Gasteiger partial charge in [-0.15, -0.1) is 0 Å². The zero-order valence-electron chi connectivity index (χ0n) is 15.9. The summed E-state index contributed by atoms with van der Waals surface area (Å²) in [5.74, 6) is -0.515. The lowest BCUT2D eigenvalue weighted by Gasteiger charge is -2.26. The molecule has 30 heavy (non-hydrogen) atoms. The Morgan fingerprint density at radius 1 is 1.10 bits per heavy atom. The molecule has 2 heterocycles. The van der Waals surface area contributed by atoms with Gasteiger partial charge in [0.15, 0.2) is 0 Å². The third-order valence-corrected chi connectivity index (χ3v) is 6.92. The third-order valence-electron chi connectivity index (χ3n) is 4.69. The van der Waals surface area contributed by atoms with Crippen molar-refractivity contribution in [2.45, 2.75) is 4.90 Å². The number of nitrogens with one attached hydrogen (secondary N) is 1. The van der Waals surface area contributed by atoms with E-state index in [9.17, 15) is 13.2 Å². The molecule has 3 aromatic rings. The number of sulfonamides is 1. The first-order valence-electron chi connectivity index (χ1n) is 9.24. The summed E-state index contributed by atoms with van der Waals surface area (Å²) in [6.07, 6.45) is 3.39. The fourth-order valence-electron chi connectivity index (χ4n) is 3.15. The number of hydrogen-bond acceptors (Lipinski definition) is 5. The van der Waals surface area contributed by atoms with Crippen molar-refractivity contribution in [3.63, 3.8) is 0 Å². The number of hydrogen-bond donors (Lipinski definition) is 1. The van der Waals surface area contributed by atoms with Gasteiger partial charge in [-0.3, -0.25) is 4.79 Å². The van der Waals surface area contributed by atoms with Gasteiger partial charge in [-0.1, -0.05) is 23.7 Å². The van der Waals surface area contributed by atoms with E-state index in [-0.39, 0.29) is 28.6 Å². The minimum absolute atomic E-state index is 0.0133. The van der Waals surface area contributed by atoms with Crippen LogP contribution in [0.3, 0.4) is 0 Å². The van der Waals surface area contributed by atoms with Gasteiger partial charge in [0.25, 0.3) is 5.91 Å². The Morgan fingerprint density at radius 2 is 1.87 bits per heavy atom. The topological polar surface area (TPSA) is 93.5 Å². The van der Waals surface area contributed by atoms with E-state index >= 15 is 0 Å². The van der Waals surface area contributed by atoms with Crippen LogP contribution in [0, 0.1) is 0 Å². The highest BCUT2D eigenvalue weighted by molar-refractivity contribution is 7.89. The molecule has 1 aliphatic rings.